The first kappa shape index (κ1) is 34.9. The third-order valence-electron chi connectivity index (χ3n) is 8.25. The number of carboxylic acids is 1. The second kappa shape index (κ2) is 13.4. The van der Waals surface area contributed by atoms with Gasteiger partial charge in [0.1, 0.15) is 18.0 Å². The van der Waals surface area contributed by atoms with Gasteiger partial charge in [0.05, 0.1) is 34.9 Å². The minimum atomic E-state index is -4.43. The van der Waals surface area contributed by atoms with Crippen LogP contribution in [-0.2, 0) is 30.5 Å². The van der Waals surface area contributed by atoms with Crippen molar-refractivity contribution in [2.75, 3.05) is 0 Å². The molecule has 0 spiro atoms. The zero-order chi connectivity index (χ0) is 35.8. The number of carbonyl (C=O) groups is 1. The standard InChI is InChI=1S/C39H37F3N4O3S/c1-37(2,3)50-34-31-17-30(49-23-29-15-12-26-8-6-7-9-32(26)45-29)21-44-35(31)46(33(34)18-38(4,5)36(47)48)22-24-16-27(20-43-19-24)25-10-13-28(14-11-25)39(40,41)42/h6-17,19-21H,18,22-23H2,1-5H3,(H,47,48). The molecule has 0 aliphatic rings. The summed E-state index contributed by atoms with van der Waals surface area (Å²) in [5, 5.41) is 12.0. The Morgan fingerprint density at radius 3 is 2.34 bits per heavy atom. The summed E-state index contributed by atoms with van der Waals surface area (Å²) in [6.45, 7) is 10.3. The summed E-state index contributed by atoms with van der Waals surface area (Å²) >= 11 is 1.64. The van der Waals surface area contributed by atoms with Gasteiger partial charge in [0.25, 0.3) is 0 Å². The number of pyridine rings is 3. The zero-order valence-electron chi connectivity index (χ0n) is 28.4. The van der Waals surface area contributed by atoms with Crippen LogP contribution >= 0.6 is 11.8 Å². The molecule has 4 aromatic heterocycles. The smallest absolute Gasteiger partial charge is 0.416 e. The lowest BCUT2D eigenvalue weighted by molar-refractivity contribution is -0.147. The van der Waals surface area contributed by atoms with Crippen LogP contribution in [0.15, 0.2) is 96.3 Å². The van der Waals surface area contributed by atoms with Gasteiger partial charge in [-0.1, -0.05) is 57.2 Å². The van der Waals surface area contributed by atoms with Gasteiger partial charge in [-0.05, 0) is 61.4 Å². The number of ether oxygens (including phenoxy) is 1. The predicted octanol–water partition coefficient (Wildman–Crippen LogP) is 9.84. The van der Waals surface area contributed by atoms with Crippen LogP contribution in [0.25, 0.3) is 33.1 Å². The minimum Gasteiger partial charge on any atom is -0.486 e. The number of alkyl halides is 3. The van der Waals surface area contributed by atoms with E-state index in [9.17, 15) is 23.1 Å². The Labute approximate surface area is 292 Å². The van der Waals surface area contributed by atoms with E-state index in [4.69, 9.17) is 14.7 Å². The number of hydrogen-bond acceptors (Lipinski definition) is 6. The lowest BCUT2D eigenvalue weighted by Crippen LogP contribution is -2.28. The van der Waals surface area contributed by atoms with Crippen LogP contribution < -0.4 is 4.74 Å². The number of aromatic nitrogens is 4. The summed E-state index contributed by atoms with van der Waals surface area (Å²) in [5.41, 5.74) is 3.35. The Morgan fingerprint density at radius 2 is 1.64 bits per heavy atom. The van der Waals surface area contributed by atoms with Gasteiger partial charge >= 0.3 is 12.1 Å². The highest BCUT2D eigenvalue weighted by Gasteiger charge is 2.33. The summed E-state index contributed by atoms with van der Waals surface area (Å²) in [4.78, 5) is 27.3. The first-order valence-corrected chi connectivity index (χ1v) is 16.9. The lowest BCUT2D eigenvalue weighted by Gasteiger charge is -2.24. The number of thioether (sulfide) groups is 1. The number of hydrogen-bond donors (Lipinski definition) is 1. The highest BCUT2D eigenvalue weighted by Crippen LogP contribution is 2.44. The van der Waals surface area contributed by atoms with Crippen LogP contribution in [0.4, 0.5) is 13.2 Å². The van der Waals surface area contributed by atoms with Gasteiger partial charge in [0, 0.05) is 50.5 Å². The van der Waals surface area contributed by atoms with Gasteiger partial charge in [-0.3, -0.25) is 9.78 Å². The third kappa shape index (κ3) is 7.78. The Hall–Kier alpha value is -4.90. The van der Waals surface area contributed by atoms with E-state index in [0.717, 1.165) is 50.3 Å². The van der Waals surface area contributed by atoms with Gasteiger partial charge in [-0.2, -0.15) is 13.2 Å². The molecule has 0 aliphatic heterocycles. The molecule has 6 aromatic rings. The van der Waals surface area contributed by atoms with Crippen molar-refractivity contribution < 1.29 is 27.8 Å². The van der Waals surface area contributed by atoms with Crippen molar-refractivity contribution in [1.82, 2.24) is 19.5 Å². The largest absolute Gasteiger partial charge is 0.486 e. The fourth-order valence-corrected chi connectivity index (χ4v) is 6.85. The molecule has 0 fully saturated rings. The molecule has 7 nitrogen and oxygen atoms in total. The van der Waals surface area contributed by atoms with Gasteiger partial charge in [0.15, 0.2) is 0 Å². The molecule has 0 saturated heterocycles. The minimum absolute atomic E-state index is 0.223. The molecule has 0 bridgehead atoms. The topological polar surface area (TPSA) is 90.1 Å². The number of carboxylic acid groups (broad SMARTS) is 1. The van der Waals surface area contributed by atoms with Crippen LogP contribution in [0, 0.1) is 5.41 Å². The molecule has 1 N–H and O–H groups in total. The molecule has 6 rings (SSSR count). The Bertz CT molecular complexity index is 2190. The Kier molecular flexibility index (Phi) is 9.39. The first-order chi connectivity index (χ1) is 23.6. The molecular weight excluding hydrogens is 662 g/mol. The van der Waals surface area contributed by atoms with Gasteiger partial charge in [-0.25, -0.2) is 9.97 Å². The van der Waals surface area contributed by atoms with E-state index in [1.54, 1.807) is 44.2 Å². The number of rotatable bonds is 10. The third-order valence-corrected chi connectivity index (χ3v) is 9.52. The van der Waals surface area contributed by atoms with Crippen molar-refractivity contribution >= 4 is 39.7 Å². The monoisotopic (exact) mass is 698 g/mol. The first-order valence-electron chi connectivity index (χ1n) is 16.1. The number of aliphatic carboxylic acids is 1. The molecule has 258 valence electrons. The summed E-state index contributed by atoms with van der Waals surface area (Å²) in [5.74, 6) is -0.373. The number of fused-ring (bicyclic) bond motifs is 2. The van der Waals surface area contributed by atoms with Gasteiger partial charge in [0.2, 0.25) is 0 Å². The molecule has 0 amide bonds. The number of nitrogens with zero attached hydrogens (tertiary/aromatic N) is 4. The molecular formula is C39H37F3N4O3S. The fraction of sp³-hybridized carbons (Fsp3) is 0.282. The molecule has 50 heavy (non-hydrogen) atoms. The number of para-hydroxylation sites is 1. The molecule has 0 atom stereocenters. The maximum atomic E-state index is 13.2. The normalized spacial score (nSPS) is 12.5. The van der Waals surface area contributed by atoms with Crippen molar-refractivity contribution in [2.24, 2.45) is 5.41 Å². The van der Waals surface area contributed by atoms with E-state index in [2.05, 4.69) is 25.8 Å². The number of benzene rings is 2. The van der Waals surface area contributed by atoms with Crippen molar-refractivity contribution in [2.45, 2.75) is 70.0 Å². The fourth-order valence-electron chi connectivity index (χ4n) is 5.68. The molecule has 0 radical (unpaired) electrons. The van der Waals surface area contributed by atoms with E-state index in [-0.39, 0.29) is 17.8 Å². The molecule has 2 aromatic carbocycles. The van der Waals surface area contributed by atoms with Crippen LogP contribution in [0.5, 0.6) is 5.75 Å². The van der Waals surface area contributed by atoms with Gasteiger partial charge < -0.3 is 14.4 Å². The van der Waals surface area contributed by atoms with Crippen molar-refractivity contribution in [3.05, 3.63) is 114 Å². The highest BCUT2D eigenvalue weighted by molar-refractivity contribution is 8.00. The second-order valence-electron chi connectivity index (χ2n) is 13.9. The molecule has 4 heterocycles. The maximum absolute atomic E-state index is 13.2. The SMILES string of the molecule is CC(C)(C)Sc1c(CC(C)(C)C(=O)O)n(Cc2cncc(-c3ccc(C(F)(F)F)cc3)c2)c2ncc(OCc3ccc4ccccc4n3)cc12. The highest BCUT2D eigenvalue weighted by atomic mass is 32.2. The summed E-state index contributed by atoms with van der Waals surface area (Å²) < 4.78 is 47.6. The summed E-state index contributed by atoms with van der Waals surface area (Å²) in [6.07, 6.45) is 0.772. The van der Waals surface area contributed by atoms with Crippen LogP contribution in [0.3, 0.4) is 0 Å². The molecule has 0 unspecified atom stereocenters. The van der Waals surface area contributed by atoms with Crippen LogP contribution in [0.1, 0.15) is 57.1 Å². The van der Waals surface area contributed by atoms with Crippen LogP contribution in [0.2, 0.25) is 0 Å². The van der Waals surface area contributed by atoms with E-state index < -0.39 is 23.1 Å². The average Bonchev–Trinajstić information content (AvgIpc) is 3.32. The van der Waals surface area contributed by atoms with E-state index in [1.807, 2.05) is 53.1 Å². The van der Waals surface area contributed by atoms with E-state index in [1.165, 1.54) is 12.1 Å². The van der Waals surface area contributed by atoms with Crippen molar-refractivity contribution in [3.63, 3.8) is 0 Å². The lowest BCUT2D eigenvalue weighted by atomic mass is 9.88. The van der Waals surface area contributed by atoms with Crippen LogP contribution in [-0.4, -0.2) is 35.3 Å². The van der Waals surface area contributed by atoms with Gasteiger partial charge in [-0.15, -0.1) is 11.8 Å². The quantitative estimate of drug-likeness (QED) is 0.143. The van der Waals surface area contributed by atoms with E-state index >= 15 is 0 Å². The van der Waals surface area contributed by atoms with E-state index in [0.29, 0.717) is 29.1 Å². The average molecular weight is 699 g/mol. The maximum Gasteiger partial charge on any atom is 0.416 e. The summed E-state index contributed by atoms with van der Waals surface area (Å²) in [6, 6.07) is 20.7. The Balaban J connectivity index is 1.41. The zero-order valence-corrected chi connectivity index (χ0v) is 29.2. The predicted molar refractivity (Wildman–Crippen MR) is 190 cm³/mol. The number of halogens is 3. The van der Waals surface area contributed by atoms with Crippen molar-refractivity contribution in [3.8, 4) is 16.9 Å². The molecule has 0 aliphatic carbocycles. The molecule has 11 heteroatoms. The van der Waals surface area contributed by atoms with Crippen molar-refractivity contribution in [1.29, 1.82) is 0 Å². The summed E-state index contributed by atoms with van der Waals surface area (Å²) in [7, 11) is 0. The Morgan fingerprint density at radius 1 is 0.900 bits per heavy atom. The molecule has 0 saturated carbocycles. The second-order valence-corrected chi connectivity index (χ2v) is 15.8.